The summed E-state index contributed by atoms with van der Waals surface area (Å²) in [6.45, 7) is 3.95. The van der Waals surface area contributed by atoms with Crippen LogP contribution in [0.25, 0.3) is 0 Å². The summed E-state index contributed by atoms with van der Waals surface area (Å²) in [4.78, 5) is 28.7. The summed E-state index contributed by atoms with van der Waals surface area (Å²) in [7, 11) is -2.55. The lowest BCUT2D eigenvalue weighted by Crippen LogP contribution is -2.53. The fraction of sp³-hybridized carbons (Fsp3) is 0.310. The highest BCUT2D eigenvalue weighted by atomic mass is 35.5. The predicted octanol–water partition coefficient (Wildman–Crippen LogP) is 4.44. The van der Waals surface area contributed by atoms with Crippen molar-refractivity contribution in [1.29, 1.82) is 0 Å². The average molecular weight is 556 g/mol. The Morgan fingerprint density at radius 2 is 1.61 bits per heavy atom. The number of likely N-dealkylation sites (N-methyl/N-ethyl adjacent to an activating group) is 1. The van der Waals surface area contributed by atoms with Gasteiger partial charge in [-0.15, -0.1) is 0 Å². The number of aryl methyl sites for hydroxylation is 1. The van der Waals surface area contributed by atoms with E-state index in [1.165, 1.54) is 24.1 Å². The molecule has 0 saturated carbocycles. The van der Waals surface area contributed by atoms with Gasteiger partial charge in [0.25, 0.3) is 0 Å². The van der Waals surface area contributed by atoms with Crippen LogP contribution >= 0.6 is 11.6 Å². The quantitative estimate of drug-likeness (QED) is 0.358. The second kappa shape index (κ2) is 13.6. The van der Waals surface area contributed by atoms with Gasteiger partial charge in [0.15, 0.2) is 0 Å². The molecule has 2 amide bonds. The van der Waals surface area contributed by atoms with Gasteiger partial charge < -0.3 is 10.2 Å². The Morgan fingerprint density at radius 3 is 2.24 bits per heavy atom. The SMILES string of the molecule is CCCNC(=O)[C@H](Cc1ccccc1)N(Cc1cccc(Cl)c1)C(=O)CN(C)S(=O)(=O)c1ccc(C)cc1. The molecule has 1 atom stereocenters. The second-order valence-electron chi connectivity index (χ2n) is 9.22. The molecule has 3 aromatic rings. The number of hydrogen-bond donors (Lipinski definition) is 1. The van der Waals surface area contributed by atoms with Crippen molar-refractivity contribution in [3.8, 4) is 0 Å². The summed E-state index contributed by atoms with van der Waals surface area (Å²) in [6.07, 6.45) is 1.01. The molecule has 3 rings (SSSR count). The maximum atomic E-state index is 13.8. The second-order valence-corrected chi connectivity index (χ2v) is 11.7. The van der Waals surface area contributed by atoms with Gasteiger partial charge >= 0.3 is 0 Å². The Kier molecular flexibility index (Phi) is 10.5. The van der Waals surface area contributed by atoms with Crippen LogP contribution in [0.5, 0.6) is 0 Å². The first-order valence-electron chi connectivity index (χ1n) is 12.5. The average Bonchev–Trinajstić information content (AvgIpc) is 2.90. The van der Waals surface area contributed by atoms with Crippen LogP contribution in [0.3, 0.4) is 0 Å². The van der Waals surface area contributed by atoms with Gasteiger partial charge in [0, 0.05) is 31.6 Å². The lowest BCUT2D eigenvalue weighted by atomic mass is 10.0. The molecule has 0 aliphatic rings. The van der Waals surface area contributed by atoms with Crippen molar-refractivity contribution in [2.75, 3.05) is 20.1 Å². The van der Waals surface area contributed by atoms with Crippen molar-refractivity contribution in [2.24, 2.45) is 0 Å². The highest BCUT2D eigenvalue weighted by Crippen LogP contribution is 2.20. The molecule has 0 aliphatic carbocycles. The molecule has 3 aromatic carbocycles. The molecular weight excluding hydrogens is 522 g/mol. The Balaban J connectivity index is 1.96. The molecule has 0 unspecified atom stereocenters. The van der Waals surface area contributed by atoms with E-state index in [9.17, 15) is 18.0 Å². The van der Waals surface area contributed by atoms with Crippen molar-refractivity contribution < 1.29 is 18.0 Å². The van der Waals surface area contributed by atoms with Gasteiger partial charge in [0.2, 0.25) is 21.8 Å². The third-order valence-corrected chi connectivity index (χ3v) is 8.20. The number of sulfonamides is 1. The number of benzene rings is 3. The van der Waals surface area contributed by atoms with Gasteiger partial charge in [-0.2, -0.15) is 4.31 Å². The number of nitrogens with zero attached hydrogens (tertiary/aromatic N) is 2. The number of carbonyl (C=O) groups is 2. The number of hydrogen-bond acceptors (Lipinski definition) is 4. The first kappa shape index (κ1) is 29.4. The van der Waals surface area contributed by atoms with E-state index in [1.54, 1.807) is 30.3 Å². The molecule has 0 bridgehead atoms. The number of rotatable bonds is 12. The number of amides is 2. The van der Waals surface area contributed by atoms with Crippen LogP contribution < -0.4 is 5.32 Å². The van der Waals surface area contributed by atoms with Crippen LogP contribution in [0.15, 0.2) is 83.8 Å². The Labute approximate surface area is 230 Å². The van der Waals surface area contributed by atoms with Gasteiger partial charge in [-0.1, -0.05) is 78.7 Å². The first-order valence-corrected chi connectivity index (χ1v) is 14.3. The van der Waals surface area contributed by atoms with Crippen LogP contribution in [-0.2, 0) is 32.6 Å². The molecule has 0 radical (unpaired) electrons. The summed E-state index contributed by atoms with van der Waals surface area (Å²) in [5, 5.41) is 3.41. The largest absolute Gasteiger partial charge is 0.354 e. The smallest absolute Gasteiger partial charge is 0.243 e. The van der Waals surface area contributed by atoms with E-state index in [4.69, 9.17) is 11.6 Å². The lowest BCUT2D eigenvalue weighted by Gasteiger charge is -2.32. The molecule has 0 saturated heterocycles. The fourth-order valence-corrected chi connectivity index (χ4v) is 5.34. The standard InChI is InChI=1S/C29H34ClN3O4S/c1-4-17-31-29(35)27(19-23-9-6-5-7-10-23)33(20-24-11-8-12-25(30)18-24)28(34)21-32(3)38(36,37)26-15-13-22(2)14-16-26/h5-16,18,27H,4,17,19-21H2,1-3H3,(H,31,35)/t27-/m0/s1. The number of nitrogens with one attached hydrogen (secondary N) is 1. The minimum atomic E-state index is -3.92. The zero-order valence-electron chi connectivity index (χ0n) is 21.9. The molecule has 202 valence electrons. The first-order chi connectivity index (χ1) is 18.1. The molecule has 7 nitrogen and oxygen atoms in total. The van der Waals surface area contributed by atoms with Crippen molar-refractivity contribution in [3.05, 3.63) is 101 Å². The lowest BCUT2D eigenvalue weighted by molar-refractivity contribution is -0.141. The molecule has 0 aliphatic heterocycles. The summed E-state index contributed by atoms with van der Waals surface area (Å²) < 4.78 is 27.4. The van der Waals surface area contributed by atoms with Gasteiger partial charge in [-0.25, -0.2) is 8.42 Å². The number of halogens is 1. The molecule has 1 N–H and O–H groups in total. The Hall–Kier alpha value is -3.20. The minimum absolute atomic E-state index is 0.0921. The van der Waals surface area contributed by atoms with E-state index in [1.807, 2.05) is 50.2 Å². The van der Waals surface area contributed by atoms with Gasteiger partial charge in [0.1, 0.15) is 6.04 Å². The van der Waals surface area contributed by atoms with Crippen LogP contribution in [0.2, 0.25) is 5.02 Å². The summed E-state index contributed by atoms with van der Waals surface area (Å²) >= 11 is 6.20. The molecular formula is C29H34ClN3O4S. The summed E-state index contributed by atoms with van der Waals surface area (Å²) in [5.41, 5.74) is 2.54. The van der Waals surface area contributed by atoms with Crippen LogP contribution in [0.1, 0.15) is 30.0 Å². The maximum Gasteiger partial charge on any atom is 0.243 e. The van der Waals surface area contributed by atoms with Crippen molar-refractivity contribution in [1.82, 2.24) is 14.5 Å². The molecule has 9 heteroatoms. The fourth-order valence-electron chi connectivity index (χ4n) is 4.01. The molecule has 0 heterocycles. The minimum Gasteiger partial charge on any atom is -0.354 e. The summed E-state index contributed by atoms with van der Waals surface area (Å²) in [6, 6.07) is 22.1. The van der Waals surface area contributed by atoms with E-state index < -0.39 is 28.5 Å². The maximum absolute atomic E-state index is 13.8. The molecule has 38 heavy (non-hydrogen) atoms. The van der Waals surface area contributed by atoms with Crippen molar-refractivity contribution in [3.63, 3.8) is 0 Å². The highest BCUT2D eigenvalue weighted by molar-refractivity contribution is 7.89. The van der Waals surface area contributed by atoms with E-state index >= 15 is 0 Å². The number of carbonyl (C=O) groups excluding carboxylic acids is 2. The van der Waals surface area contributed by atoms with Gasteiger partial charge in [-0.05, 0) is 48.7 Å². The van der Waals surface area contributed by atoms with E-state index in [-0.39, 0.29) is 23.8 Å². The van der Waals surface area contributed by atoms with Crippen LogP contribution in [0.4, 0.5) is 0 Å². The monoisotopic (exact) mass is 555 g/mol. The molecule has 0 aromatic heterocycles. The van der Waals surface area contributed by atoms with E-state index in [2.05, 4.69) is 5.32 Å². The molecule has 0 spiro atoms. The summed E-state index contributed by atoms with van der Waals surface area (Å²) in [5.74, 6) is -0.786. The zero-order chi connectivity index (χ0) is 27.7. The topological polar surface area (TPSA) is 86.8 Å². The van der Waals surface area contributed by atoms with Crippen LogP contribution in [0, 0.1) is 6.92 Å². The van der Waals surface area contributed by atoms with Crippen LogP contribution in [-0.4, -0.2) is 55.6 Å². The van der Waals surface area contributed by atoms with E-state index in [0.717, 1.165) is 27.4 Å². The van der Waals surface area contributed by atoms with Gasteiger partial charge in [0.05, 0.1) is 11.4 Å². The Morgan fingerprint density at radius 1 is 0.947 bits per heavy atom. The van der Waals surface area contributed by atoms with Crippen molar-refractivity contribution >= 4 is 33.4 Å². The predicted molar refractivity (Wildman–Crippen MR) is 150 cm³/mol. The zero-order valence-corrected chi connectivity index (χ0v) is 23.5. The third kappa shape index (κ3) is 7.90. The Bertz CT molecular complexity index is 1330. The highest BCUT2D eigenvalue weighted by Gasteiger charge is 2.33. The molecule has 0 fully saturated rings. The van der Waals surface area contributed by atoms with Crippen molar-refractivity contribution in [2.45, 2.75) is 44.2 Å². The van der Waals surface area contributed by atoms with Gasteiger partial charge in [-0.3, -0.25) is 9.59 Å². The third-order valence-electron chi connectivity index (χ3n) is 6.15. The van der Waals surface area contributed by atoms with E-state index in [0.29, 0.717) is 11.6 Å². The normalized spacial score (nSPS) is 12.2.